The zero-order valence-electron chi connectivity index (χ0n) is 18.5. The first-order chi connectivity index (χ1) is 16.8. The largest absolute Gasteiger partial charge is 0.487 e. The minimum Gasteiger partial charge on any atom is -0.487 e. The molecule has 0 bridgehead atoms. The zero-order valence-corrected chi connectivity index (χ0v) is 23.0. The number of benzene rings is 3. The summed E-state index contributed by atoms with van der Waals surface area (Å²) in [6, 6.07) is 19.2. The first-order valence-electron chi connectivity index (χ1n) is 10.4. The van der Waals surface area contributed by atoms with Crippen LogP contribution in [0.4, 0.5) is 5.69 Å². The fraction of sp³-hybridized carbons (Fsp3) is 0.115. The molecule has 0 saturated heterocycles. The molecule has 1 N–H and O–H groups in total. The maximum absolute atomic E-state index is 12.7. The van der Waals surface area contributed by atoms with Gasteiger partial charge in [0, 0.05) is 16.3 Å². The Morgan fingerprint density at radius 3 is 2.51 bits per heavy atom. The molecule has 3 aromatic carbocycles. The van der Waals surface area contributed by atoms with Crippen LogP contribution in [0, 0.1) is 14.9 Å². The molecule has 0 heterocycles. The van der Waals surface area contributed by atoms with E-state index in [1.807, 2.05) is 30.3 Å². The van der Waals surface area contributed by atoms with E-state index >= 15 is 0 Å². The molecular formula is C26H19BrClIN2O4. The molecule has 0 aliphatic carbocycles. The first kappa shape index (κ1) is 26.7. The summed E-state index contributed by atoms with van der Waals surface area (Å²) in [5.41, 5.74) is 2.25. The first-order valence-corrected chi connectivity index (χ1v) is 12.6. The van der Waals surface area contributed by atoms with Gasteiger partial charge in [0.05, 0.1) is 20.2 Å². The van der Waals surface area contributed by atoms with Gasteiger partial charge in [-0.1, -0.05) is 29.8 Å². The van der Waals surface area contributed by atoms with Gasteiger partial charge in [-0.05, 0) is 99.5 Å². The summed E-state index contributed by atoms with van der Waals surface area (Å²) in [7, 11) is 0. The molecule has 0 atom stereocenters. The van der Waals surface area contributed by atoms with Crippen molar-refractivity contribution in [2.24, 2.45) is 0 Å². The Balaban J connectivity index is 1.73. The lowest BCUT2D eigenvalue weighted by Crippen LogP contribution is -2.13. The fourth-order valence-corrected chi connectivity index (χ4v) is 4.94. The summed E-state index contributed by atoms with van der Waals surface area (Å²) < 4.78 is 12.4. The molecule has 6 nitrogen and oxygen atoms in total. The second-order valence-corrected chi connectivity index (χ2v) is 9.54. The van der Waals surface area contributed by atoms with E-state index in [0.29, 0.717) is 38.7 Å². The standard InChI is InChI=1S/C26H19BrClIN2O4/c1-2-34-26(33)17-7-9-20(10-8-17)31-25(32)19(14-30)11-16-12-21(27)24(23(29)13-16)35-15-18-5-3-4-6-22(18)28/h3-13H,2,15H2,1H3,(H,31,32)/b19-11+. The van der Waals surface area contributed by atoms with Crippen LogP contribution in [0.15, 0.2) is 70.7 Å². The number of carbonyl (C=O) groups excluding carboxylic acids is 2. The second-order valence-electron chi connectivity index (χ2n) is 7.12. The number of carbonyl (C=O) groups is 2. The van der Waals surface area contributed by atoms with E-state index in [2.05, 4.69) is 43.8 Å². The summed E-state index contributed by atoms with van der Waals surface area (Å²) in [6.45, 7) is 2.30. The number of hydrogen-bond donors (Lipinski definition) is 1. The van der Waals surface area contributed by atoms with E-state index in [1.54, 1.807) is 43.3 Å². The van der Waals surface area contributed by atoms with Gasteiger partial charge in [-0.3, -0.25) is 4.79 Å². The van der Waals surface area contributed by atoms with Crippen molar-refractivity contribution in [3.8, 4) is 11.8 Å². The monoisotopic (exact) mass is 664 g/mol. The molecule has 0 aromatic heterocycles. The van der Waals surface area contributed by atoms with Crippen LogP contribution in [0.2, 0.25) is 5.02 Å². The number of esters is 1. The van der Waals surface area contributed by atoms with Gasteiger partial charge in [-0.2, -0.15) is 5.26 Å². The van der Waals surface area contributed by atoms with Gasteiger partial charge < -0.3 is 14.8 Å². The van der Waals surface area contributed by atoms with E-state index in [1.165, 1.54) is 6.08 Å². The molecule has 1 amide bonds. The van der Waals surface area contributed by atoms with Gasteiger partial charge >= 0.3 is 5.97 Å². The Labute approximate surface area is 230 Å². The van der Waals surface area contributed by atoms with Gasteiger partial charge in [0.2, 0.25) is 0 Å². The maximum Gasteiger partial charge on any atom is 0.338 e. The molecule has 0 saturated carbocycles. The van der Waals surface area contributed by atoms with Crippen molar-refractivity contribution in [2.45, 2.75) is 13.5 Å². The fourth-order valence-electron chi connectivity index (χ4n) is 2.98. The number of nitriles is 1. The molecule has 9 heteroatoms. The molecule has 0 unspecified atom stereocenters. The van der Waals surface area contributed by atoms with E-state index in [4.69, 9.17) is 21.1 Å². The van der Waals surface area contributed by atoms with Crippen molar-refractivity contribution in [3.63, 3.8) is 0 Å². The molecule has 0 aliphatic rings. The van der Waals surface area contributed by atoms with Crippen molar-refractivity contribution >= 4 is 73.8 Å². The number of ether oxygens (including phenoxy) is 2. The molecule has 178 valence electrons. The second kappa shape index (κ2) is 12.7. The Hall–Kier alpha value is -2.87. The highest BCUT2D eigenvalue weighted by molar-refractivity contribution is 14.1. The van der Waals surface area contributed by atoms with Crippen molar-refractivity contribution in [1.29, 1.82) is 5.26 Å². The van der Waals surface area contributed by atoms with Gasteiger partial charge in [-0.15, -0.1) is 0 Å². The predicted octanol–water partition coefficient (Wildman–Crippen LogP) is 7.01. The van der Waals surface area contributed by atoms with E-state index in [9.17, 15) is 14.9 Å². The summed E-state index contributed by atoms with van der Waals surface area (Å²) >= 11 is 11.8. The zero-order chi connectivity index (χ0) is 25.4. The molecule has 3 aromatic rings. The molecule has 35 heavy (non-hydrogen) atoms. The van der Waals surface area contributed by atoms with Crippen LogP contribution in [-0.4, -0.2) is 18.5 Å². The lowest BCUT2D eigenvalue weighted by atomic mass is 10.1. The van der Waals surface area contributed by atoms with Gasteiger partial charge in [0.15, 0.2) is 0 Å². The van der Waals surface area contributed by atoms with Crippen LogP contribution in [-0.2, 0) is 16.1 Å². The van der Waals surface area contributed by atoms with Crippen LogP contribution in [0.5, 0.6) is 5.75 Å². The predicted molar refractivity (Wildman–Crippen MR) is 147 cm³/mol. The van der Waals surface area contributed by atoms with Crippen LogP contribution < -0.4 is 10.1 Å². The van der Waals surface area contributed by atoms with Crippen LogP contribution in [0.3, 0.4) is 0 Å². The van der Waals surface area contributed by atoms with Crippen LogP contribution >= 0.6 is 50.1 Å². The summed E-state index contributed by atoms with van der Waals surface area (Å²) in [5, 5.41) is 12.8. The number of hydrogen-bond acceptors (Lipinski definition) is 5. The van der Waals surface area contributed by atoms with Crippen molar-refractivity contribution in [1.82, 2.24) is 0 Å². The Morgan fingerprint density at radius 2 is 1.89 bits per heavy atom. The molecule has 0 fully saturated rings. The lowest BCUT2D eigenvalue weighted by molar-refractivity contribution is -0.112. The van der Waals surface area contributed by atoms with E-state index < -0.39 is 11.9 Å². The Kier molecular flexibility index (Phi) is 9.72. The SMILES string of the molecule is CCOC(=O)c1ccc(NC(=O)/C(C#N)=C/c2cc(Br)c(OCc3ccccc3Cl)c(I)c2)cc1. The molecule has 0 radical (unpaired) electrons. The highest BCUT2D eigenvalue weighted by atomic mass is 127. The number of rotatable bonds is 8. The number of anilines is 1. The minimum atomic E-state index is -0.568. The van der Waals surface area contributed by atoms with Crippen LogP contribution in [0.1, 0.15) is 28.4 Å². The van der Waals surface area contributed by atoms with Gasteiger partial charge in [0.25, 0.3) is 5.91 Å². The number of amides is 1. The van der Waals surface area contributed by atoms with Crippen molar-refractivity contribution in [2.75, 3.05) is 11.9 Å². The average molecular weight is 666 g/mol. The Bertz CT molecular complexity index is 1300. The third-order valence-electron chi connectivity index (χ3n) is 4.68. The normalized spacial score (nSPS) is 10.9. The molecular weight excluding hydrogens is 647 g/mol. The highest BCUT2D eigenvalue weighted by Crippen LogP contribution is 2.34. The van der Waals surface area contributed by atoms with Crippen molar-refractivity contribution < 1.29 is 19.1 Å². The third-order valence-corrected chi connectivity index (χ3v) is 6.44. The quantitative estimate of drug-likeness (QED) is 0.121. The van der Waals surface area contributed by atoms with E-state index in [0.717, 1.165) is 9.13 Å². The average Bonchev–Trinajstić information content (AvgIpc) is 2.83. The van der Waals surface area contributed by atoms with Crippen LogP contribution in [0.25, 0.3) is 6.08 Å². The number of nitrogens with one attached hydrogen (secondary N) is 1. The smallest absolute Gasteiger partial charge is 0.338 e. The van der Waals surface area contributed by atoms with Gasteiger partial charge in [0.1, 0.15) is 24.0 Å². The lowest BCUT2D eigenvalue weighted by Gasteiger charge is -2.12. The topological polar surface area (TPSA) is 88.4 Å². The Morgan fingerprint density at radius 1 is 1.17 bits per heavy atom. The van der Waals surface area contributed by atoms with E-state index in [-0.39, 0.29) is 12.2 Å². The minimum absolute atomic E-state index is 0.0769. The third kappa shape index (κ3) is 7.31. The molecule has 3 rings (SSSR count). The van der Waals surface area contributed by atoms with Gasteiger partial charge in [-0.25, -0.2) is 4.79 Å². The molecule has 0 spiro atoms. The number of nitrogens with zero attached hydrogens (tertiary/aromatic N) is 1. The molecule has 0 aliphatic heterocycles. The van der Waals surface area contributed by atoms with Crippen molar-refractivity contribution in [3.05, 3.63) is 96.0 Å². The summed E-state index contributed by atoms with van der Waals surface area (Å²) in [5.74, 6) is -0.378. The highest BCUT2D eigenvalue weighted by Gasteiger charge is 2.14. The summed E-state index contributed by atoms with van der Waals surface area (Å²) in [4.78, 5) is 24.4. The maximum atomic E-state index is 12.7. The summed E-state index contributed by atoms with van der Waals surface area (Å²) in [6.07, 6.45) is 1.49. The number of halogens is 3.